The SMILES string of the molecule is CCCC(O)C1CC(OC)C1. The molecule has 0 radical (unpaired) electrons. The fourth-order valence-electron chi connectivity index (χ4n) is 1.64. The Balaban J connectivity index is 2.10. The summed E-state index contributed by atoms with van der Waals surface area (Å²) >= 11 is 0. The molecule has 1 fully saturated rings. The van der Waals surface area contributed by atoms with Crippen molar-refractivity contribution in [2.45, 2.75) is 44.8 Å². The molecule has 1 aliphatic rings. The quantitative estimate of drug-likeness (QED) is 0.673. The first-order valence-electron chi connectivity index (χ1n) is 4.48. The van der Waals surface area contributed by atoms with E-state index in [0.717, 1.165) is 25.7 Å². The molecule has 2 nitrogen and oxygen atoms in total. The van der Waals surface area contributed by atoms with Crippen molar-refractivity contribution >= 4 is 0 Å². The van der Waals surface area contributed by atoms with E-state index >= 15 is 0 Å². The maximum atomic E-state index is 9.53. The Bertz CT molecular complexity index is 108. The van der Waals surface area contributed by atoms with Gasteiger partial charge in [-0.2, -0.15) is 0 Å². The van der Waals surface area contributed by atoms with Gasteiger partial charge in [-0.3, -0.25) is 0 Å². The van der Waals surface area contributed by atoms with Crippen molar-refractivity contribution in [3.8, 4) is 0 Å². The average molecular weight is 158 g/mol. The molecule has 1 N–H and O–H groups in total. The van der Waals surface area contributed by atoms with E-state index in [1.54, 1.807) is 7.11 Å². The van der Waals surface area contributed by atoms with E-state index in [9.17, 15) is 5.11 Å². The smallest absolute Gasteiger partial charge is 0.0578 e. The van der Waals surface area contributed by atoms with Gasteiger partial charge >= 0.3 is 0 Å². The van der Waals surface area contributed by atoms with Gasteiger partial charge in [0.2, 0.25) is 0 Å². The third-order valence-corrected chi connectivity index (χ3v) is 2.59. The minimum atomic E-state index is -0.0774. The monoisotopic (exact) mass is 158 g/mol. The van der Waals surface area contributed by atoms with Gasteiger partial charge in [0.25, 0.3) is 0 Å². The zero-order valence-electron chi connectivity index (χ0n) is 7.42. The van der Waals surface area contributed by atoms with Crippen LogP contribution in [0.15, 0.2) is 0 Å². The number of rotatable bonds is 4. The molecule has 1 atom stereocenters. The summed E-state index contributed by atoms with van der Waals surface area (Å²) in [5.41, 5.74) is 0. The van der Waals surface area contributed by atoms with Crippen LogP contribution in [0.1, 0.15) is 32.6 Å². The first-order valence-corrected chi connectivity index (χ1v) is 4.48. The van der Waals surface area contributed by atoms with E-state index in [-0.39, 0.29) is 6.10 Å². The van der Waals surface area contributed by atoms with Crippen molar-refractivity contribution in [2.75, 3.05) is 7.11 Å². The van der Waals surface area contributed by atoms with Gasteiger partial charge in [-0.15, -0.1) is 0 Å². The second-order valence-corrected chi connectivity index (χ2v) is 3.45. The van der Waals surface area contributed by atoms with E-state index < -0.39 is 0 Å². The largest absolute Gasteiger partial charge is 0.393 e. The molecule has 0 aromatic heterocycles. The van der Waals surface area contributed by atoms with Crippen molar-refractivity contribution in [2.24, 2.45) is 5.92 Å². The summed E-state index contributed by atoms with van der Waals surface area (Å²) < 4.78 is 5.13. The van der Waals surface area contributed by atoms with Crippen molar-refractivity contribution in [3.05, 3.63) is 0 Å². The predicted octanol–water partition coefficient (Wildman–Crippen LogP) is 1.57. The minimum Gasteiger partial charge on any atom is -0.393 e. The molecule has 0 saturated heterocycles. The first-order chi connectivity index (χ1) is 5.27. The molecule has 66 valence electrons. The third-order valence-electron chi connectivity index (χ3n) is 2.59. The molecule has 1 rings (SSSR count). The summed E-state index contributed by atoms with van der Waals surface area (Å²) in [5.74, 6) is 0.514. The number of aliphatic hydroxyl groups excluding tert-OH is 1. The van der Waals surface area contributed by atoms with Crippen molar-refractivity contribution in [1.82, 2.24) is 0 Å². The highest BCUT2D eigenvalue weighted by atomic mass is 16.5. The summed E-state index contributed by atoms with van der Waals surface area (Å²) in [6, 6.07) is 0. The number of ether oxygens (including phenoxy) is 1. The molecule has 11 heavy (non-hydrogen) atoms. The van der Waals surface area contributed by atoms with Gasteiger partial charge < -0.3 is 9.84 Å². The van der Waals surface area contributed by atoms with Gasteiger partial charge in [0.1, 0.15) is 0 Å². The molecule has 2 heteroatoms. The second-order valence-electron chi connectivity index (χ2n) is 3.45. The normalized spacial score (nSPS) is 33.0. The molecule has 1 unspecified atom stereocenters. The summed E-state index contributed by atoms with van der Waals surface area (Å²) in [7, 11) is 1.74. The van der Waals surface area contributed by atoms with Gasteiger partial charge in [-0.25, -0.2) is 0 Å². The van der Waals surface area contributed by atoms with Crippen LogP contribution in [0.25, 0.3) is 0 Å². The maximum Gasteiger partial charge on any atom is 0.0578 e. The van der Waals surface area contributed by atoms with Crippen LogP contribution < -0.4 is 0 Å². The van der Waals surface area contributed by atoms with Crippen LogP contribution in [0.2, 0.25) is 0 Å². The number of methoxy groups -OCH3 is 1. The van der Waals surface area contributed by atoms with Crippen molar-refractivity contribution < 1.29 is 9.84 Å². The maximum absolute atomic E-state index is 9.53. The molecule has 0 aliphatic heterocycles. The molecular weight excluding hydrogens is 140 g/mol. The Labute approximate surface area is 68.6 Å². The molecule has 0 aromatic rings. The van der Waals surface area contributed by atoms with Gasteiger partial charge in [0.15, 0.2) is 0 Å². The number of hydrogen-bond donors (Lipinski definition) is 1. The van der Waals surface area contributed by atoms with E-state index in [4.69, 9.17) is 4.74 Å². The Kier molecular flexibility index (Phi) is 3.34. The van der Waals surface area contributed by atoms with Crippen LogP contribution in [0.4, 0.5) is 0 Å². The Hall–Kier alpha value is -0.0800. The molecule has 0 aromatic carbocycles. The van der Waals surface area contributed by atoms with Crippen LogP contribution in [-0.2, 0) is 4.74 Å². The lowest BCUT2D eigenvalue weighted by Crippen LogP contribution is -2.38. The molecule has 1 saturated carbocycles. The third kappa shape index (κ3) is 2.17. The lowest BCUT2D eigenvalue weighted by molar-refractivity contribution is -0.0522. The Morgan fingerprint density at radius 2 is 2.18 bits per heavy atom. The highest BCUT2D eigenvalue weighted by Gasteiger charge is 2.33. The van der Waals surface area contributed by atoms with Crippen LogP contribution in [0.3, 0.4) is 0 Å². The topological polar surface area (TPSA) is 29.5 Å². The Morgan fingerprint density at radius 1 is 1.55 bits per heavy atom. The van der Waals surface area contributed by atoms with Gasteiger partial charge in [-0.1, -0.05) is 13.3 Å². The lowest BCUT2D eigenvalue weighted by Gasteiger charge is -2.37. The fourth-order valence-corrected chi connectivity index (χ4v) is 1.64. The van der Waals surface area contributed by atoms with Crippen molar-refractivity contribution in [1.29, 1.82) is 0 Å². The summed E-state index contributed by atoms with van der Waals surface area (Å²) in [4.78, 5) is 0. The average Bonchev–Trinajstić information content (AvgIpc) is 1.86. The number of hydrogen-bond acceptors (Lipinski definition) is 2. The minimum absolute atomic E-state index is 0.0774. The molecule has 1 aliphatic carbocycles. The first kappa shape index (κ1) is 9.01. The van der Waals surface area contributed by atoms with E-state index in [2.05, 4.69) is 6.92 Å². The van der Waals surface area contributed by atoms with Crippen molar-refractivity contribution in [3.63, 3.8) is 0 Å². The van der Waals surface area contributed by atoms with Gasteiger partial charge in [0, 0.05) is 7.11 Å². The highest BCUT2D eigenvalue weighted by Crippen LogP contribution is 2.33. The molecule has 0 spiro atoms. The van der Waals surface area contributed by atoms with Crippen LogP contribution in [-0.4, -0.2) is 24.4 Å². The van der Waals surface area contributed by atoms with Gasteiger partial charge in [-0.05, 0) is 25.2 Å². The van der Waals surface area contributed by atoms with E-state index in [1.807, 2.05) is 0 Å². The molecule has 0 bridgehead atoms. The predicted molar refractivity (Wildman–Crippen MR) is 44.4 cm³/mol. The second kappa shape index (κ2) is 4.07. The number of aliphatic hydroxyl groups is 1. The highest BCUT2D eigenvalue weighted by molar-refractivity contribution is 4.84. The summed E-state index contributed by atoms with van der Waals surface area (Å²) in [6.07, 6.45) is 4.48. The van der Waals surface area contributed by atoms with Crippen LogP contribution >= 0.6 is 0 Å². The molecule has 0 amide bonds. The zero-order valence-corrected chi connectivity index (χ0v) is 7.42. The summed E-state index contributed by atoms with van der Waals surface area (Å²) in [6.45, 7) is 2.11. The summed E-state index contributed by atoms with van der Waals surface area (Å²) in [5, 5.41) is 9.53. The van der Waals surface area contributed by atoms with Crippen LogP contribution in [0.5, 0.6) is 0 Å². The molecular formula is C9H18O2. The van der Waals surface area contributed by atoms with Crippen LogP contribution in [0, 0.1) is 5.92 Å². The van der Waals surface area contributed by atoms with E-state index in [0.29, 0.717) is 12.0 Å². The fraction of sp³-hybridized carbons (Fsp3) is 1.00. The zero-order chi connectivity index (χ0) is 8.27. The lowest BCUT2D eigenvalue weighted by atomic mass is 9.77. The standard InChI is InChI=1S/C9H18O2/c1-3-4-9(10)7-5-8(6-7)11-2/h7-10H,3-6H2,1-2H3. The van der Waals surface area contributed by atoms with Gasteiger partial charge in [0.05, 0.1) is 12.2 Å². The molecule has 0 heterocycles. The Morgan fingerprint density at radius 3 is 2.64 bits per heavy atom. The van der Waals surface area contributed by atoms with E-state index in [1.165, 1.54) is 0 Å².